The Morgan fingerprint density at radius 2 is 2.12 bits per heavy atom. The molecule has 26 heavy (non-hydrogen) atoms. The number of benzene rings is 1. The Morgan fingerprint density at radius 3 is 2.73 bits per heavy atom. The number of amides is 1. The van der Waals surface area contributed by atoms with Gasteiger partial charge in [0.25, 0.3) is 11.9 Å². The number of carbonyl (C=O) groups excluding carboxylic acids is 1. The Morgan fingerprint density at radius 1 is 1.31 bits per heavy atom. The van der Waals surface area contributed by atoms with Crippen LogP contribution in [0.5, 0.6) is 5.75 Å². The minimum atomic E-state index is -0.256. The highest BCUT2D eigenvalue weighted by Gasteiger charge is 2.16. The molecule has 0 saturated heterocycles. The van der Waals surface area contributed by atoms with Crippen molar-refractivity contribution in [1.29, 1.82) is 0 Å². The first-order chi connectivity index (χ1) is 12.6. The first kappa shape index (κ1) is 17.7. The molecule has 0 radical (unpaired) electrons. The topological polar surface area (TPSA) is 98.8 Å². The van der Waals surface area contributed by atoms with Crippen molar-refractivity contribution in [3.8, 4) is 5.75 Å². The Balaban J connectivity index is 1.52. The van der Waals surface area contributed by atoms with Gasteiger partial charge >= 0.3 is 0 Å². The van der Waals surface area contributed by atoms with E-state index in [-0.39, 0.29) is 18.0 Å². The summed E-state index contributed by atoms with van der Waals surface area (Å²) >= 11 is 0. The maximum absolute atomic E-state index is 12.2. The number of aliphatic imine (C=N–C) groups is 1. The third-order valence-corrected chi connectivity index (χ3v) is 3.99. The fourth-order valence-electron chi connectivity index (χ4n) is 2.63. The van der Waals surface area contributed by atoms with Gasteiger partial charge in [0.2, 0.25) is 0 Å². The lowest BCUT2D eigenvalue weighted by Gasteiger charge is -2.08. The maximum Gasteiger partial charge on any atom is 0.282 e. The Kier molecular flexibility index (Phi) is 5.68. The molecule has 2 aromatic rings. The average Bonchev–Trinajstić information content (AvgIpc) is 3.07. The van der Waals surface area contributed by atoms with Crippen LogP contribution in [0.15, 0.2) is 47.6 Å². The minimum absolute atomic E-state index is 0.125. The molecule has 7 heteroatoms. The second-order valence-electron chi connectivity index (χ2n) is 5.93. The average molecular weight is 354 g/mol. The van der Waals surface area contributed by atoms with Gasteiger partial charge in [-0.2, -0.15) is 0 Å². The number of rotatable bonds is 7. The zero-order valence-electron chi connectivity index (χ0n) is 14.6. The quantitative estimate of drug-likeness (QED) is 0.795. The van der Waals surface area contributed by atoms with Crippen molar-refractivity contribution in [2.45, 2.75) is 25.8 Å². The van der Waals surface area contributed by atoms with Gasteiger partial charge in [0.15, 0.2) is 0 Å². The van der Waals surface area contributed by atoms with Gasteiger partial charge in [-0.1, -0.05) is 12.1 Å². The summed E-state index contributed by atoms with van der Waals surface area (Å²) in [5, 5.41) is 2.84. The molecule has 1 aliphatic heterocycles. The van der Waals surface area contributed by atoms with E-state index >= 15 is 0 Å². The van der Waals surface area contributed by atoms with Gasteiger partial charge in [-0.05, 0) is 49.6 Å². The molecule has 3 rings (SSSR count). The lowest BCUT2D eigenvalue weighted by Crippen LogP contribution is -2.13. The number of ether oxygens (including phenoxy) is 2. The largest absolute Gasteiger partial charge is 0.492 e. The molecule has 2 heterocycles. The van der Waals surface area contributed by atoms with Crippen LogP contribution in [0.4, 0.5) is 5.69 Å². The normalized spacial score (nSPS) is 15.9. The number of hydrogen-bond acceptors (Lipinski definition) is 6. The van der Waals surface area contributed by atoms with Gasteiger partial charge in [0, 0.05) is 5.69 Å². The predicted molar refractivity (Wildman–Crippen MR) is 99.5 cm³/mol. The Labute approximate surface area is 152 Å². The number of hydrogen-bond donors (Lipinski definition) is 2. The van der Waals surface area contributed by atoms with E-state index < -0.39 is 0 Å². The van der Waals surface area contributed by atoms with Crippen LogP contribution in [-0.4, -0.2) is 36.2 Å². The van der Waals surface area contributed by atoms with E-state index in [9.17, 15) is 4.79 Å². The summed E-state index contributed by atoms with van der Waals surface area (Å²) in [6.45, 7) is 3.01. The molecule has 0 bridgehead atoms. The minimum Gasteiger partial charge on any atom is -0.492 e. The van der Waals surface area contributed by atoms with Crippen LogP contribution in [0.3, 0.4) is 0 Å². The van der Waals surface area contributed by atoms with E-state index in [4.69, 9.17) is 15.2 Å². The number of anilines is 1. The molecule has 1 unspecified atom stereocenters. The van der Waals surface area contributed by atoms with Crippen LogP contribution >= 0.6 is 0 Å². The summed E-state index contributed by atoms with van der Waals surface area (Å²) in [7, 11) is 0. The summed E-state index contributed by atoms with van der Waals surface area (Å²) in [5.74, 6) is 0.390. The fourth-order valence-corrected chi connectivity index (χ4v) is 2.63. The zero-order valence-corrected chi connectivity index (χ0v) is 14.6. The molecule has 1 aliphatic rings. The Bertz CT molecular complexity index is 772. The summed E-state index contributed by atoms with van der Waals surface area (Å²) < 4.78 is 10.5. The van der Waals surface area contributed by atoms with E-state index in [1.807, 2.05) is 31.2 Å². The van der Waals surface area contributed by atoms with Crippen molar-refractivity contribution < 1.29 is 14.3 Å². The first-order valence-electron chi connectivity index (χ1n) is 8.59. The summed E-state index contributed by atoms with van der Waals surface area (Å²) in [6, 6.07) is 11.5. The van der Waals surface area contributed by atoms with Crippen LogP contribution in [0.2, 0.25) is 0 Å². The van der Waals surface area contributed by atoms with Gasteiger partial charge in [-0.25, -0.2) is 9.98 Å². The number of aromatic nitrogens is 1. The molecule has 0 saturated carbocycles. The second kappa shape index (κ2) is 8.33. The first-order valence-corrected chi connectivity index (χ1v) is 8.59. The third-order valence-electron chi connectivity index (χ3n) is 3.99. The van der Waals surface area contributed by atoms with E-state index in [1.165, 1.54) is 5.56 Å². The molecule has 1 aromatic carbocycles. The molecule has 0 fully saturated rings. The molecule has 1 aromatic heterocycles. The van der Waals surface area contributed by atoms with E-state index in [0.29, 0.717) is 24.7 Å². The molecule has 0 spiro atoms. The predicted octanol–water partition coefficient (Wildman–Crippen LogP) is 2.38. The lowest BCUT2D eigenvalue weighted by atomic mass is 10.1. The van der Waals surface area contributed by atoms with Crippen molar-refractivity contribution >= 4 is 17.6 Å². The van der Waals surface area contributed by atoms with Crippen LogP contribution in [0, 0.1) is 0 Å². The SMILES string of the molecule is CCOc1ccc(C(=O)Nc2ccc(CCC3COC(N)=N3)cc2)nc1. The second-order valence-corrected chi connectivity index (χ2v) is 5.93. The lowest BCUT2D eigenvalue weighted by molar-refractivity contribution is 0.102. The number of pyridine rings is 1. The van der Waals surface area contributed by atoms with Gasteiger partial charge in [0.1, 0.15) is 18.1 Å². The van der Waals surface area contributed by atoms with E-state index in [1.54, 1.807) is 18.3 Å². The summed E-state index contributed by atoms with van der Waals surface area (Å²) in [4.78, 5) is 20.6. The van der Waals surface area contributed by atoms with Gasteiger partial charge in [-0.3, -0.25) is 4.79 Å². The smallest absolute Gasteiger partial charge is 0.282 e. The van der Waals surface area contributed by atoms with Crippen molar-refractivity contribution in [2.75, 3.05) is 18.5 Å². The van der Waals surface area contributed by atoms with Crippen molar-refractivity contribution in [3.63, 3.8) is 0 Å². The molecule has 0 aliphatic carbocycles. The van der Waals surface area contributed by atoms with Crippen LogP contribution < -0.4 is 15.8 Å². The van der Waals surface area contributed by atoms with Crippen molar-refractivity contribution in [1.82, 2.24) is 4.98 Å². The number of nitrogens with two attached hydrogens (primary N) is 1. The molecular formula is C19H22N4O3. The zero-order chi connectivity index (χ0) is 18.4. The van der Waals surface area contributed by atoms with Gasteiger partial charge < -0.3 is 20.5 Å². The standard InChI is InChI=1S/C19H22N4O3/c1-2-25-16-9-10-17(21-11-16)18(24)22-14-6-3-13(4-7-14)5-8-15-12-26-19(20)23-15/h3-4,6-7,9-11,15H,2,5,8,12H2,1H3,(H2,20,23)(H,22,24). The van der Waals surface area contributed by atoms with Crippen molar-refractivity contribution in [2.24, 2.45) is 10.7 Å². The summed E-state index contributed by atoms with van der Waals surface area (Å²) in [6.07, 6.45) is 3.30. The molecule has 3 N–H and O–H groups in total. The highest BCUT2D eigenvalue weighted by molar-refractivity contribution is 6.02. The van der Waals surface area contributed by atoms with Gasteiger partial charge in [0.05, 0.1) is 18.8 Å². The third kappa shape index (κ3) is 4.72. The van der Waals surface area contributed by atoms with E-state index in [0.717, 1.165) is 18.5 Å². The number of aryl methyl sites for hydroxylation is 1. The van der Waals surface area contributed by atoms with Crippen LogP contribution in [0.25, 0.3) is 0 Å². The fraction of sp³-hybridized carbons (Fsp3) is 0.316. The Hall–Kier alpha value is -3.09. The van der Waals surface area contributed by atoms with E-state index in [2.05, 4.69) is 15.3 Å². The highest BCUT2D eigenvalue weighted by Crippen LogP contribution is 2.16. The maximum atomic E-state index is 12.2. The van der Waals surface area contributed by atoms with Crippen LogP contribution in [-0.2, 0) is 11.2 Å². The van der Waals surface area contributed by atoms with Crippen molar-refractivity contribution in [3.05, 3.63) is 53.9 Å². The molecule has 7 nitrogen and oxygen atoms in total. The van der Waals surface area contributed by atoms with Gasteiger partial charge in [-0.15, -0.1) is 0 Å². The number of nitrogens with one attached hydrogen (secondary N) is 1. The number of carbonyl (C=O) groups is 1. The molecule has 1 amide bonds. The molecule has 1 atom stereocenters. The number of amidine groups is 1. The molecular weight excluding hydrogens is 332 g/mol. The van der Waals surface area contributed by atoms with Crippen LogP contribution in [0.1, 0.15) is 29.4 Å². The molecule has 136 valence electrons. The highest BCUT2D eigenvalue weighted by atomic mass is 16.5. The summed E-state index contributed by atoms with van der Waals surface area (Å²) in [5.41, 5.74) is 7.74. The monoisotopic (exact) mass is 354 g/mol. The number of nitrogens with zero attached hydrogens (tertiary/aromatic N) is 2.